The molecule has 3 heteroatoms. The quantitative estimate of drug-likeness (QED) is 0.917. The summed E-state index contributed by atoms with van der Waals surface area (Å²) in [4.78, 5) is 1.40. The number of rotatable bonds is 3. The van der Waals surface area contributed by atoms with E-state index in [9.17, 15) is 0 Å². The van der Waals surface area contributed by atoms with Crippen LogP contribution in [0.5, 0.6) is 0 Å². The Kier molecular flexibility index (Phi) is 3.96. The van der Waals surface area contributed by atoms with Crippen molar-refractivity contribution in [1.82, 2.24) is 0 Å². The molecule has 1 aliphatic heterocycles. The van der Waals surface area contributed by atoms with Gasteiger partial charge in [0, 0.05) is 20.7 Å². The van der Waals surface area contributed by atoms with Crippen molar-refractivity contribution in [2.75, 3.05) is 0 Å². The fraction of sp³-hybridized carbons (Fsp3) is 0.250. The lowest BCUT2D eigenvalue weighted by Crippen LogP contribution is -2.34. The predicted octanol–water partition coefficient (Wildman–Crippen LogP) is 4.04. The van der Waals surface area contributed by atoms with Crippen LogP contribution < -0.4 is 5.73 Å². The van der Waals surface area contributed by atoms with E-state index in [-0.39, 0.29) is 6.04 Å². The smallest absolute Gasteiger partial charge is 0.0290 e. The summed E-state index contributed by atoms with van der Waals surface area (Å²) in [5, 5.41) is 0.501. The van der Waals surface area contributed by atoms with Crippen LogP contribution in [0.2, 0.25) is 0 Å². The lowest BCUT2D eigenvalue weighted by atomic mass is 10.00. The molecule has 0 amide bonds. The minimum atomic E-state index is 0.207. The van der Waals surface area contributed by atoms with Gasteiger partial charge < -0.3 is 5.73 Å². The van der Waals surface area contributed by atoms with Crippen molar-refractivity contribution in [3.05, 3.63) is 64.1 Å². The number of thioether (sulfide) groups is 1. The maximum Gasteiger partial charge on any atom is 0.0290 e. The second-order valence-electron chi connectivity index (χ2n) is 4.96. The number of nitrogens with two attached hydrogens (primary N) is 1. The SMILES string of the molecule is NC(Cc1ccc(Br)cc1)C1Cc2ccccc2S1. The number of hydrogen-bond donors (Lipinski definition) is 1. The van der Waals surface area contributed by atoms with Gasteiger partial charge in [-0.3, -0.25) is 0 Å². The van der Waals surface area contributed by atoms with Gasteiger partial charge >= 0.3 is 0 Å². The molecule has 0 bridgehead atoms. The molecule has 1 aliphatic rings. The van der Waals surface area contributed by atoms with E-state index < -0.39 is 0 Å². The van der Waals surface area contributed by atoms with Crippen molar-refractivity contribution in [3.8, 4) is 0 Å². The summed E-state index contributed by atoms with van der Waals surface area (Å²) in [6, 6.07) is 17.3. The van der Waals surface area contributed by atoms with E-state index in [1.165, 1.54) is 16.0 Å². The van der Waals surface area contributed by atoms with Crippen LogP contribution in [0.1, 0.15) is 11.1 Å². The van der Waals surface area contributed by atoms with E-state index in [4.69, 9.17) is 5.73 Å². The minimum Gasteiger partial charge on any atom is -0.326 e. The van der Waals surface area contributed by atoms with Gasteiger partial charge in [0.05, 0.1) is 0 Å². The molecular weight excluding hydrogens is 318 g/mol. The predicted molar refractivity (Wildman–Crippen MR) is 85.6 cm³/mol. The Morgan fingerprint density at radius 1 is 1.16 bits per heavy atom. The molecule has 2 unspecified atom stereocenters. The summed E-state index contributed by atoms with van der Waals surface area (Å²) < 4.78 is 1.12. The number of hydrogen-bond acceptors (Lipinski definition) is 2. The maximum atomic E-state index is 6.40. The average molecular weight is 334 g/mol. The lowest BCUT2D eigenvalue weighted by molar-refractivity contribution is 0.632. The molecule has 0 spiro atoms. The van der Waals surface area contributed by atoms with Gasteiger partial charge in [0.1, 0.15) is 0 Å². The zero-order chi connectivity index (χ0) is 13.2. The van der Waals surface area contributed by atoms with Crippen LogP contribution in [0.3, 0.4) is 0 Å². The fourth-order valence-electron chi connectivity index (χ4n) is 2.47. The van der Waals surface area contributed by atoms with Crippen molar-refractivity contribution in [2.24, 2.45) is 5.73 Å². The molecule has 2 aromatic rings. The van der Waals surface area contributed by atoms with Crippen LogP contribution in [0.15, 0.2) is 57.9 Å². The third-order valence-electron chi connectivity index (χ3n) is 3.53. The highest BCUT2D eigenvalue weighted by Crippen LogP contribution is 2.38. The number of halogens is 1. The third-order valence-corrected chi connectivity index (χ3v) is 5.53. The summed E-state index contributed by atoms with van der Waals surface area (Å²) in [7, 11) is 0. The van der Waals surface area contributed by atoms with Crippen LogP contribution in [-0.2, 0) is 12.8 Å². The van der Waals surface area contributed by atoms with E-state index in [1.807, 2.05) is 11.8 Å². The van der Waals surface area contributed by atoms with Gasteiger partial charge in [-0.1, -0.05) is 46.3 Å². The summed E-state index contributed by atoms with van der Waals surface area (Å²) in [5.74, 6) is 0. The molecule has 19 heavy (non-hydrogen) atoms. The highest BCUT2D eigenvalue weighted by atomic mass is 79.9. The van der Waals surface area contributed by atoms with E-state index >= 15 is 0 Å². The first-order valence-electron chi connectivity index (χ1n) is 6.47. The monoisotopic (exact) mass is 333 g/mol. The Morgan fingerprint density at radius 3 is 2.63 bits per heavy atom. The van der Waals surface area contributed by atoms with Crippen molar-refractivity contribution >= 4 is 27.7 Å². The van der Waals surface area contributed by atoms with E-state index in [0.29, 0.717) is 5.25 Å². The first-order valence-corrected chi connectivity index (χ1v) is 8.14. The first kappa shape index (κ1) is 13.2. The Morgan fingerprint density at radius 2 is 1.89 bits per heavy atom. The second-order valence-corrected chi connectivity index (χ2v) is 7.16. The third kappa shape index (κ3) is 3.04. The molecule has 0 aliphatic carbocycles. The molecule has 0 saturated heterocycles. The Labute approximate surface area is 126 Å². The van der Waals surface area contributed by atoms with Crippen LogP contribution >= 0.6 is 27.7 Å². The Bertz CT molecular complexity index is 542. The van der Waals surface area contributed by atoms with Crippen molar-refractivity contribution in [2.45, 2.75) is 29.0 Å². The molecule has 1 heterocycles. The van der Waals surface area contributed by atoms with Gasteiger partial charge in [-0.25, -0.2) is 0 Å². The van der Waals surface area contributed by atoms with Crippen molar-refractivity contribution in [1.29, 1.82) is 0 Å². The highest BCUT2D eigenvalue weighted by molar-refractivity contribution is 9.10. The molecule has 0 fully saturated rings. The molecule has 2 N–H and O–H groups in total. The molecule has 0 saturated carbocycles. The second kappa shape index (κ2) is 5.70. The Hall–Kier alpha value is -0.770. The Balaban J connectivity index is 1.66. The molecule has 3 rings (SSSR count). The molecule has 1 nitrogen and oxygen atoms in total. The normalized spacial score (nSPS) is 19.2. The van der Waals surface area contributed by atoms with Crippen LogP contribution in [0.4, 0.5) is 0 Å². The highest BCUT2D eigenvalue weighted by Gasteiger charge is 2.26. The summed E-state index contributed by atoms with van der Waals surface area (Å²) in [6.45, 7) is 0. The van der Waals surface area contributed by atoms with E-state index in [2.05, 4.69) is 64.5 Å². The van der Waals surface area contributed by atoms with Crippen LogP contribution in [0.25, 0.3) is 0 Å². The summed E-state index contributed by atoms with van der Waals surface area (Å²) in [5.41, 5.74) is 9.16. The fourth-order valence-corrected chi connectivity index (χ4v) is 4.06. The van der Waals surface area contributed by atoms with Gasteiger partial charge in [0.15, 0.2) is 0 Å². The van der Waals surface area contributed by atoms with Gasteiger partial charge in [-0.05, 0) is 42.2 Å². The molecule has 2 aromatic carbocycles. The number of benzene rings is 2. The zero-order valence-corrected chi connectivity index (χ0v) is 13.0. The topological polar surface area (TPSA) is 26.0 Å². The largest absolute Gasteiger partial charge is 0.326 e. The first-order chi connectivity index (χ1) is 9.22. The molecule has 0 radical (unpaired) electrons. The van der Waals surface area contributed by atoms with Crippen molar-refractivity contribution in [3.63, 3.8) is 0 Å². The molecule has 0 aromatic heterocycles. The molecule has 98 valence electrons. The van der Waals surface area contributed by atoms with E-state index in [0.717, 1.165) is 17.3 Å². The van der Waals surface area contributed by atoms with Gasteiger partial charge in [-0.2, -0.15) is 0 Å². The molecular formula is C16H16BrNS. The van der Waals surface area contributed by atoms with Gasteiger partial charge in [-0.15, -0.1) is 11.8 Å². The van der Waals surface area contributed by atoms with Crippen LogP contribution in [0, 0.1) is 0 Å². The van der Waals surface area contributed by atoms with Crippen LogP contribution in [-0.4, -0.2) is 11.3 Å². The van der Waals surface area contributed by atoms with Gasteiger partial charge in [0.25, 0.3) is 0 Å². The lowest BCUT2D eigenvalue weighted by Gasteiger charge is -2.18. The molecule has 2 atom stereocenters. The minimum absolute atomic E-state index is 0.207. The van der Waals surface area contributed by atoms with E-state index in [1.54, 1.807) is 0 Å². The zero-order valence-electron chi connectivity index (χ0n) is 10.6. The van der Waals surface area contributed by atoms with Crippen molar-refractivity contribution < 1.29 is 0 Å². The van der Waals surface area contributed by atoms with Gasteiger partial charge in [0.2, 0.25) is 0 Å². The summed E-state index contributed by atoms with van der Waals surface area (Å²) >= 11 is 5.39. The standard InChI is InChI=1S/C16H16BrNS/c17-13-7-5-11(6-8-13)9-14(18)16-10-12-3-1-2-4-15(12)19-16/h1-8,14,16H,9-10,18H2. The summed E-state index contributed by atoms with van der Waals surface area (Å²) in [6.07, 6.45) is 2.04. The average Bonchev–Trinajstić information content (AvgIpc) is 2.85. The maximum absolute atomic E-state index is 6.40. The number of fused-ring (bicyclic) bond motifs is 1.